The molecule has 2 heterocycles. The van der Waals surface area contributed by atoms with Crippen LogP contribution >= 0.6 is 0 Å². The zero-order chi connectivity index (χ0) is 20.0. The van der Waals surface area contributed by atoms with Gasteiger partial charge in [0, 0.05) is 37.2 Å². The van der Waals surface area contributed by atoms with Gasteiger partial charge >= 0.3 is 5.97 Å². The number of hydrogen-bond donors (Lipinski definition) is 2. The van der Waals surface area contributed by atoms with Gasteiger partial charge in [-0.25, -0.2) is 8.78 Å². The summed E-state index contributed by atoms with van der Waals surface area (Å²) < 4.78 is 32.4. The first-order chi connectivity index (χ1) is 12.8. The number of carbonyl (C=O) groups excluding carboxylic acids is 1. The van der Waals surface area contributed by atoms with Gasteiger partial charge in [-0.05, 0) is 12.1 Å². The Morgan fingerprint density at radius 3 is 2.37 bits per heavy atom. The second-order valence-electron chi connectivity index (χ2n) is 6.37. The maximum atomic E-state index is 13.4. The lowest BCUT2D eigenvalue weighted by Crippen LogP contribution is -2.47. The molecule has 0 radical (unpaired) electrons. The molecule has 2 aliphatic heterocycles. The lowest BCUT2D eigenvalue weighted by molar-refractivity contribution is -0.138. The first-order valence-corrected chi connectivity index (χ1v) is 8.20. The minimum atomic E-state index is -0.930. The molecule has 2 fully saturated rings. The van der Waals surface area contributed by atoms with E-state index >= 15 is 0 Å². The summed E-state index contributed by atoms with van der Waals surface area (Å²) in [5.74, 6) is -3.05. The number of carbonyl (C=O) groups is 3. The van der Waals surface area contributed by atoms with E-state index in [1.54, 1.807) is 9.80 Å². The third-order valence-corrected chi connectivity index (χ3v) is 4.27. The first kappa shape index (κ1) is 20.7. The van der Waals surface area contributed by atoms with Gasteiger partial charge in [0.25, 0.3) is 12.4 Å². The highest BCUT2D eigenvalue weighted by Crippen LogP contribution is 2.22. The number of carboxylic acids is 1. The molecular weight excluding hydrogens is 366 g/mol. The van der Waals surface area contributed by atoms with Crippen molar-refractivity contribution in [3.05, 3.63) is 35.4 Å². The SMILES string of the molecule is O=C(O)CN1C[C@@H]2COC[C@H](C1)N(C(=O)c1cc(F)cc(F)c1)C2.O=CO. The maximum Gasteiger partial charge on any atom is 0.317 e. The molecule has 2 atom stereocenters. The Labute approximate surface area is 153 Å². The van der Waals surface area contributed by atoms with Crippen LogP contribution in [0, 0.1) is 17.6 Å². The second-order valence-corrected chi connectivity index (χ2v) is 6.37. The molecule has 1 aromatic carbocycles. The van der Waals surface area contributed by atoms with E-state index in [-0.39, 0.29) is 37.1 Å². The molecule has 3 rings (SSSR count). The van der Waals surface area contributed by atoms with Crippen molar-refractivity contribution in [2.45, 2.75) is 6.04 Å². The fourth-order valence-corrected chi connectivity index (χ4v) is 3.35. The van der Waals surface area contributed by atoms with Crippen LogP contribution in [0.15, 0.2) is 18.2 Å². The predicted octanol–water partition coefficient (Wildman–Crippen LogP) is 0.523. The largest absolute Gasteiger partial charge is 0.483 e. The van der Waals surface area contributed by atoms with Gasteiger partial charge < -0.3 is 19.8 Å². The Hall–Kier alpha value is -2.59. The van der Waals surface area contributed by atoms with Crippen molar-refractivity contribution in [1.29, 1.82) is 0 Å². The summed E-state index contributed by atoms with van der Waals surface area (Å²) >= 11 is 0. The number of rotatable bonds is 3. The average Bonchev–Trinajstić information content (AvgIpc) is 2.84. The molecule has 0 aliphatic carbocycles. The molecule has 27 heavy (non-hydrogen) atoms. The molecule has 1 aromatic rings. The molecule has 2 saturated heterocycles. The van der Waals surface area contributed by atoms with Crippen LogP contribution in [0.3, 0.4) is 0 Å². The van der Waals surface area contributed by atoms with E-state index in [9.17, 15) is 18.4 Å². The van der Waals surface area contributed by atoms with E-state index < -0.39 is 23.5 Å². The number of carboxylic acid groups (broad SMARTS) is 2. The van der Waals surface area contributed by atoms with Gasteiger partial charge in [-0.3, -0.25) is 19.3 Å². The van der Waals surface area contributed by atoms with Gasteiger partial charge in [-0.15, -0.1) is 0 Å². The molecule has 0 unspecified atom stereocenters. The van der Waals surface area contributed by atoms with Crippen molar-refractivity contribution in [1.82, 2.24) is 9.80 Å². The van der Waals surface area contributed by atoms with E-state index in [1.807, 2.05) is 0 Å². The normalized spacial score (nSPS) is 22.2. The molecular formula is C17H20F2N2O6. The fraction of sp³-hybridized carbons (Fsp3) is 0.471. The van der Waals surface area contributed by atoms with Gasteiger partial charge in [-0.1, -0.05) is 0 Å². The maximum absolute atomic E-state index is 13.4. The number of amides is 1. The Morgan fingerprint density at radius 1 is 1.15 bits per heavy atom. The summed E-state index contributed by atoms with van der Waals surface area (Å²) in [4.78, 5) is 35.4. The third kappa shape index (κ3) is 5.69. The smallest absolute Gasteiger partial charge is 0.317 e. The molecule has 2 bridgehead atoms. The van der Waals surface area contributed by atoms with Gasteiger partial charge in [0.1, 0.15) is 11.6 Å². The summed E-state index contributed by atoms with van der Waals surface area (Å²) in [7, 11) is 0. The van der Waals surface area contributed by atoms with E-state index in [2.05, 4.69) is 0 Å². The standard InChI is InChI=1S/C16H18F2N2O4.CH2O2/c17-12-1-11(2-13(18)3-12)16(23)20-5-10-4-19(7-15(21)22)6-14(20)9-24-8-10;2-1-3/h1-3,10,14H,4-9H2,(H,21,22);1H,(H,2,3)/t10-,14-;/m0./s1. The van der Waals surface area contributed by atoms with Gasteiger partial charge in [0.2, 0.25) is 0 Å². The molecule has 1 amide bonds. The summed E-state index contributed by atoms with van der Waals surface area (Å²) in [5.41, 5.74) is -0.0511. The number of halogens is 2. The van der Waals surface area contributed by atoms with Crippen LogP contribution in [0.1, 0.15) is 10.4 Å². The van der Waals surface area contributed by atoms with Crippen LogP contribution in [0.4, 0.5) is 8.78 Å². The number of nitrogens with zero attached hydrogens (tertiary/aromatic N) is 2. The van der Waals surface area contributed by atoms with Crippen molar-refractivity contribution in [2.24, 2.45) is 5.92 Å². The summed E-state index contributed by atoms with van der Waals surface area (Å²) in [6, 6.07) is 2.39. The Balaban J connectivity index is 0.000000817. The molecule has 0 spiro atoms. The van der Waals surface area contributed by atoms with Crippen molar-refractivity contribution in [3.63, 3.8) is 0 Å². The zero-order valence-electron chi connectivity index (χ0n) is 14.4. The minimum Gasteiger partial charge on any atom is -0.483 e. The molecule has 10 heteroatoms. The topological polar surface area (TPSA) is 107 Å². The summed E-state index contributed by atoms with van der Waals surface area (Å²) in [6.45, 7) is 1.57. The highest BCUT2D eigenvalue weighted by atomic mass is 19.1. The van der Waals surface area contributed by atoms with Crippen LogP contribution in [0.5, 0.6) is 0 Å². The number of fused-ring (bicyclic) bond motifs is 3. The quantitative estimate of drug-likeness (QED) is 0.730. The van der Waals surface area contributed by atoms with Crippen molar-refractivity contribution in [3.8, 4) is 0 Å². The lowest BCUT2D eigenvalue weighted by Gasteiger charge is -2.30. The van der Waals surface area contributed by atoms with E-state index in [4.69, 9.17) is 19.7 Å². The van der Waals surface area contributed by atoms with Crippen molar-refractivity contribution in [2.75, 3.05) is 39.4 Å². The van der Waals surface area contributed by atoms with Crippen molar-refractivity contribution >= 4 is 18.3 Å². The summed E-state index contributed by atoms with van der Waals surface area (Å²) in [5, 5.41) is 15.9. The Morgan fingerprint density at radius 2 is 1.78 bits per heavy atom. The predicted molar refractivity (Wildman–Crippen MR) is 88.3 cm³/mol. The number of benzene rings is 1. The Bertz CT molecular complexity index is 682. The highest BCUT2D eigenvalue weighted by molar-refractivity contribution is 5.94. The van der Waals surface area contributed by atoms with Gasteiger partial charge in [0.15, 0.2) is 0 Å². The molecule has 0 saturated carbocycles. The summed E-state index contributed by atoms with van der Waals surface area (Å²) in [6.07, 6.45) is 0. The molecule has 148 valence electrons. The molecule has 2 aliphatic rings. The van der Waals surface area contributed by atoms with Crippen LogP contribution in [0.25, 0.3) is 0 Å². The number of ether oxygens (including phenoxy) is 1. The number of hydrogen-bond acceptors (Lipinski definition) is 5. The molecule has 8 nitrogen and oxygen atoms in total. The second kappa shape index (κ2) is 9.38. The molecule has 2 N–H and O–H groups in total. The van der Waals surface area contributed by atoms with E-state index in [0.29, 0.717) is 26.2 Å². The third-order valence-electron chi connectivity index (χ3n) is 4.27. The van der Waals surface area contributed by atoms with E-state index in [1.165, 1.54) is 0 Å². The van der Waals surface area contributed by atoms with Crippen LogP contribution in [-0.2, 0) is 14.3 Å². The van der Waals surface area contributed by atoms with Gasteiger partial charge in [-0.2, -0.15) is 0 Å². The van der Waals surface area contributed by atoms with Gasteiger partial charge in [0.05, 0.1) is 25.8 Å². The minimum absolute atomic E-state index is 0.0424. The lowest BCUT2D eigenvalue weighted by atomic mass is 10.1. The monoisotopic (exact) mass is 386 g/mol. The molecule has 0 aromatic heterocycles. The van der Waals surface area contributed by atoms with Crippen molar-refractivity contribution < 1.29 is 38.1 Å². The number of aliphatic carboxylic acids is 1. The fourth-order valence-electron chi connectivity index (χ4n) is 3.35. The zero-order valence-corrected chi connectivity index (χ0v) is 14.4. The average molecular weight is 386 g/mol. The Kier molecular flexibility index (Phi) is 7.19. The highest BCUT2D eigenvalue weighted by Gasteiger charge is 2.36. The van der Waals surface area contributed by atoms with Crippen LogP contribution < -0.4 is 0 Å². The first-order valence-electron chi connectivity index (χ1n) is 8.20. The van der Waals surface area contributed by atoms with E-state index in [0.717, 1.165) is 18.2 Å². The van der Waals surface area contributed by atoms with Crippen LogP contribution in [-0.4, -0.2) is 83.8 Å². The van der Waals surface area contributed by atoms with Crippen LogP contribution in [0.2, 0.25) is 0 Å².